The molecule has 1 amide bonds. The second-order valence-corrected chi connectivity index (χ2v) is 5.64. The average Bonchev–Trinajstić information content (AvgIpc) is 2.75. The molecule has 0 saturated heterocycles. The summed E-state index contributed by atoms with van der Waals surface area (Å²) in [4.78, 5) is 47.7. The van der Waals surface area contributed by atoms with Crippen LogP contribution in [0, 0.1) is 0 Å². The van der Waals surface area contributed by atoms with E-state index in [1.807, 2.05) is 0 Å². The first kappa shape index (κ1) is 21.4. The normalized spacial score (nSPS) is 9.90. The van der Waals surface area contributed by atoms with Crippen LogP contribution in [0.1, 0.15) is 31.1 Å². The van der Waals surface area contributed by atoms with Crippen LogP contribution in [0.3, 0.4) is 0 Å². The second kappa shape index (κ2) is 9.88. The first-order chi connectivity index (χ1) is 13.9. The van der Waals surface area contributed by atoms with Crippen LogP contribution >= 0.6 is 0 Å². The quantitative estimate of drug-likeness (QED) is 0.553. The van der Waals surface area contributed by atoms with Gasteiger partial charge in [0.15, 0.2) is 6.61 Å². The third kappa shape index (κ3) is 5.80. The number of nitrogens with one attached hydrogen (secondary N) is 1. The third-order valence-corrected chi connectivity index (χ3v) is 3.70. The van der Waals surface area contributed by atoms with E-state index < -0.39 is 30.4 Å². The van der Waals surface area contributed by atoms with Crippen molar-refractivity contribution in [2.45, 2.75) is 0 Å². The zero-order valence-corrected chi connectivity index (χ0v) is 16.0. The van der Waals surface area contributed by atoms with Crippen molar-refractivity contribution >= 4 is 29.5 Å². The van der Waals surface area contributed by atoms with Crippen molar-refractivity contribution in [2.75, 3.05) is 33.3 Å². The van der Waals surface area contributed by atoms with Crippen molar-refractivity contribution in [1.82, 2.24) is 0 Å². The number of carbonyl (C=O) groups is 4. The van der Waals surface area contributed by atoms with Crippen LogP contribution in [0.25, 0.3) is 0 Å². The maximum absolute atomic E-state index is 12.1. The number of esters is 3. The van der Waals surface area contributed by atoms with Gasteiger partial charge in [0.2, 0.25) is 0 Å². The highest BCUT2D eigenvalue weighted by Crippen LogP contribution is 2.17. The van der Waals surface area contributed by atoms with Crippen molar-refractivity contribution in [3.63, 3.8) is 0 Å². The second-order valence-electron chi connectivity index (χ2n) is 5.64. The summed E-state index contributed by atoms with van der Waals surface area (Å²) >= 11 is 0. The molecule has 0 aromatic heterocycles. The highest BCUT2D eigenvalue weighted by molar-refractivity contribution is 6.00. The fourth-order valence-electron chi connectivity index (χ4n) is 2.33. The summed E-state index contributed by atoms with van der Waals surface area (Å²) in [7, 11) is 3.83. The minimum atomic E-state index is -0.711. The number of hydrogen-bond acceptors (Lipinski definition) is 8. The molecule has 0 aliphatic carbocycles. The lowest BCUT2D eigenvalue weighted by molar-refractivity contribution is -0.119. The van der Waals surface area contributed by atoms with E-state index in [1.54, 1.807) is 12.1 Å². The van der Waals surface area contributed by atoms with Gasteiger partial charge in [0.25, 0.3) is 5.91 Å². The fraction of sp³-hybridized carbons (Fsp3) is 0.200. The van der Waals surface area contributed by atoms with E-state index in [-0.39, 0.29) is 22.4 Å². The molecule has 2 aromatic rings. The molecule has 0 heterocycles. The molecular weight excluding hydrogens is 382 g/mol. The zero-order valence-electron chi connectivity index (χ0n) is 16.0. The number of anilines is 1. The van der Waals surface area contributed by atoms with Crippen LogP contribution in [0.2, 0.25) is 0 Å². The first-order valence-corrected chi connectivity index (χ1v) is 8.30. The number of rotatable bonds is 7. The van der Waals surface area contributed by atoms with E-state index in [1.165, 1.54) is 51.7 Å². The van der Waals surface area contributed by atoms with Crippen LogP contribution in [-0.2, 0) is 19.0 Å². The number of hydrogen-bond donors (Lipinski definition) is 1. The van der Waals surface area contributed by atoms with Crippen LogP contribution in [0.5, 0.6) is 5.75 Å². The van der Waals surface area contributed by atoms with Gasteiger partial charge in [0.1, 0.15) is 5.75 Å². The molecule has 0 atom stereocenters. The highest BCUT2D eigenvalue weighted by atomic mass is 16.5. The Kier molecular flexibility index (Phi) is 7.30. The van der Waals surface area contributed by atoms with E-state index in [0.29, 0.717) is 5.75 Å². The van der Waals surface area contributed by atoms with Gasteiger partial charge >= 0.3 is 17.9 Å². The van der Waals surface area contributed by atoms with Crippen LogP contribution in [0.15, 0.2) is 42.5 Å². The Balaban J connectivity index is 2.08. The summed E-state index contributed by atoms with van der Waals surface area (Å²) in [6.45, 7) is -0.577. The molecule has 9 nitrogen and oxygen atoms in total. The molecule has 0 fully saturated rings. The van der Waals surface area contributed by atoms with E-state index >= 15 is 0 Å². The van der Waals surface area contributed by atoms with Crippen molar-refractivity contribution in [1.29, 1.82) is 0 Å². The van der Waals surface area contributed by atoms with Crippen molar-refractivity contribution in [3.8, 4) is 5.75 Å². The number of amides is 1. The number of benzene rings is 2. The van der Waals surface area contributed by atoms with Gasteiger partial charge in [-0.25, -0.2) is 14.4 Å². The Bertz CT molecular complexity index is 904. The van der Waals surface area contributed by atoms with Gasteiger partial charge in [0.05, 0.1) is 38.0 Å². The largest absolute Gasteiger partial charge is 0.497 e. The van der Waals surface area contributed by atoms with E-state index in [4.69, 9.17) is 9.47 Å². The summed E-state index contributed by atoms with van der Waals surface area (Å²) in [6, 6.07) is 10.2. The predicted molar refractivity (Wildman–Crippen MR) is 101 cm³/mol. The number of ether oxygens (including phenoxy) is 4. The minimum absolute atomic E-state index is 0.0408. The van der Waals surface area contributed by atoms with Crippen molar-refractivity contribution in [2.24, 2.45) is 0 Å². The molecule has 0 bridgehead atoms. The standard InChI is InChI=1S/C20H19NO8/c1-26-16-6-4-5-12(10-16)20(25)29-11-17(22)21-15-8-13(18(23)27-2)7-14(9-15)19(24)28-3/h4-10H,11H2,1-3H3,(H,21,22). The first-order valence-electron chi connectivity index (χ1n) is 8.30. The Morgan fingerprint density at radius 1 is 0.793 bits per heavy atom. The van der Waals surface area contributed by atoms with Gasteiger partial charge in [-0.1, -0.05) is 6.07 Å². The third-order valence-electron chi connectivity index (χ3n) is 3.70. The molecule has 1 N–H and O–H groups in total. The molecule has 29 heavy (non-hydrogen) atoms. The lowest BCUT2D eigenvalue weighted by atomic mass is 10.1. The van der Waals surface area contributed by atoms with Gasteiger partial charge in [-0.3, -0.25) is 4.79 Å². The average molecular weight is 401 g/mol. The summed E-state index contributed by atoms with van der Waals surface area (Å²) in [5.74, 6) is -2.30. The van der Waals surface area contributed by atoms with Crippen LogP contribution in [-0.4, -0.2) is 51.8 Å². The van der Waals surface area contributed by atoms with Gasteiger partial charge in [-0.05, 0) is 36.4 Å². The molecule has 0 unspecified atom stereocenters. The van der Waals surface area contributed by atoms with Gasteiger partial charge < -0.3 is 24.3 Å². The highest BCUT2D eigenvalue weighted by Gasteiger charge is 2.16. The molecule has 2 aromatic carbocycles. The SMILES string of the molecule is COC(=O)c1cc(NC(=O)COC(=O)c2cccc(OC)c2)cc(C(=O)OC)c1. The lowest BCUT2D eigenvalue weighted by Crippen LogP contribution is -2.21. The summed E-state index contributed by atoms with van der Waals surface area (Å²) in [5, 5.41) is 2.45. The lowest BCUT2D eigenvalue weighted by Gasteiger charge is -2.10. The minimum Gasteiger partial charge on any atom is -0.497 e. The maximum Gasteiger partial charge on any atom is 0.338 e. The molecule has 9 heteroatoms. The van der Waals surface area contributed by atoms with Gasteiger partial charge in [-0.15, -0.1) is 0 Å². The Hall–Kier alpha value is -3.88. The van der Waals surface area contributed by atoms with Crippen LogP contribution in [0.4, 0.5) is 5.69 Å². The van der Waals surface area contributed by atoms with Gasteiger partial charge in [-0.2, -0.15) is 0 Å². The number of methoxy groups -OCH3 is 3. The maximum atomic E-state index is 12.1. The Morgan fingerprint density at radius 2 is 1.41 bits per heavy atom. The van der Waals surface area contributed by atoms with Crippen molar-refractivity contribution in [3.05, 3.63) is 59.2 Å². The molecule has 0 saturated carbocycles. The number of carbonyl (C=O) groups excluding carboxylic acids is 4. The summed E-state index contributed by atoms with van der Waals surface area (Å²) in [6.07, 6.45) is 0. The summed E-state index contributed by atoms with van der Waals surface area (Å²) in [5.41, 5.74) is 0.437. The van der Waals surface area contributed by atoms with Crippen molar-refractivity contribution < 1.29 is 38.1 Å². The molecule has 0 spiro atoms. The zero-order chi connectivity index (χ0) is 21.4. The molecule has 152 valence electrons. The van der Waals surface area contributed by atoms with Crippen LogP contribution < -0.4 is 10.1 Å². The van der Waals surface area contributed by atoms with E-state index in [0.717, 1.165) is 0 Å². The monoisotopic (exact) mass is 401 g/mol. The molecule has 0 aliphatic heterocycles. The fourth-order valence-corrected chi connectivity index (χ4v) is 2.33. The topological polar surface area (TPSA) is 117 Å². The van der Waals surface area contributed by atoms with E-state index in [2.05, 4.69) is 14.8 Å². The molecule has 0 aliphatic rings. The molecule has 2 rings (SSSR count). The molecule has 0 radical (unpaired) electrons. The Labute approximate surface area is 166 Å². The smallest absolute Gasteiger partial charge is 0.338 e. The van der Waals surface area contributed by atoms with Gasteiger partial charge in [0, 0.05) is 5.69 Å². The Morgan fingerprint density at radius 3 is 1.97 bits per heavy atom. The molecular formula is C20H19NO8. The summed E-state index contributed by atoms with van der Waals surface area (Å²) < 4.78 is 19.3. The van der Waals surface area contributed by atoms with E-state index in [9.17, 15) is 19.2 Å². The predicted octanol–water partition coefficient (Wildman–Crippen LogP) is 2.06.